The minimum Gasteiger partial charge on any atom is -0.326 e. The Hall–Kier alpha value is -2.18. The first kappa shape index (κ1) is 24.5. The molecule has 0 heterocycles. The standard InChI is InChI=1S/C26H36N2O3S/c1-3-17-28(19-22-7-5-6-8-22)20-23-9-13-24(14-10-23)27-26(29)18-21-11-15-25(16-12-21)32(30,31)4-2/h9-16,22H,3-8,17-20H2,1-2H3,(H,27,29). The highest BCUT2D eigenvalue weighted by atomic mass is 32.2. The van der Waals surface area contributed by atoms with E-state index in [0.717, 1.165) is 36.7 Å². The smallest absolute Gasteiger partial charge is 0.228 e. The highest BCUT2D eigenvalue weighted by Crippen LogP contribution is 2.26. The first-order chi connectivity index (χ1) is 15.4. The second kappa shape index (κ2) is 11.6. The van der Waals surface area contributed by atoms with Crippen LogP contribution in [0.1, 0.15) is 57.1 Å². The van der Waals surface area contributed by atoms with Crippen LogP contribution in [-0.4, -0.2) is 38.1 Å². The molecule has 3 rings (SSSR count). The quantitative estimate of drug-likeness (QED) is 0.513. The molecule has 2 aromatic carbocycles. The monoisotopic (exact) mass is 456 g/mol. The van der Waals surface area contributed by atoms with Crippen LogP contribution < -0.4 is 5.32 Å². The van der Waals surface area contributed by atoms with Crippen molar-refractivity contribution in [1.29, 1.82) is 0 Å². The number of carbonyl (C=O) groups is 1. The van der Waals surface area contributed by atoms with Crippen molar-refractivity contribution in [2.24, 2.45) is 5.92 Å². The summed E-state index contributed by atoms with van der Waals surface area (Å²) in [5, 5.41) is 2.94. The van der Waals surface area contributed by atoms with Crippen LogP contribution in [0.15, 0.2) is 53.4 Å². The van der Waals surface area contributed by atoms with E-state index in [0.29, 0.717) is 4.90 Å². The Kier molecular flexibility index (Phi) is 8.88. The molecule has 0 aromatic heterocycles. The second-order valence-corrected chi connectivity index (χ2v) is 11.1. The molecule has 0 radical (unpaired) electrons. The number of rotatable bonds is 11. The number of benzene rings is 2. The Balaban J connectivity index is 1.52. The van der Waals surface area contributed by atoms with Gasteiger partial charge in [0, 0.05) is 18.8 Å². The number of sulfone groups is 1. The molecule has 1 fully saturated rings. The summed E-state index contributed by atoms with van der Waals surface area (Å²) < 4.78 is 23.8. The van der Waals surface area contributed by atoms with Gasteiger partial charge >= 0.3 is 0 Å². The highest BCUT2D eigenvalue weighted by molar-refractivity contribution is 7.91. The molecule has 1 amide bonds. The van der Waals surface area contributed by atoms with Crippen molar-refractivity contribution < 1.29 is 13.2 Å². The van der Waals surface area contributed by atoms with E-state index in [1.807, 2.05) is 12.1 Å². The van der Waals surface area contributed by atoms with Crippen molar-refractivity contribution in [3.63, 3.8) is 0 Å². The van der Waals surface area contributed by atoms with Gasteiger partial charge < -0.3 is 5.32 Å². The normalized spacial score (nSPS) is 14.7. The molecule has 1 N–H and O–H groups in total. The predicted octanol–water partition coefficient (Wildman–Crippen LogP) is 5.06. The molecule has 1 aliphatic carbocycles. The molecule has 32 heavy (non-hydrogen) atoms. The average Bonchev–Trinajstić information content (AvgIpc) is 3.29. The molecule has 0 unspecified atom stereocenters. The zero-order valence-corrected chi connectivity index (χ0v) is 20.2. The summed E-state index contributed by atoms with van der Waals surface area (Å²) in [7, 11) is -3.22. The van der Waals surface area contributed by atoms with Gasteiger partial charge in [-0.2, -0.15) is 0 Å². The Morgan fingerprint density at radius 1 is 0.969 bits per heavy atom. The summed E-state index contributed by atoms with van der Waals surface area (Å²) in [6, 6.07) is 14.7. The average molecular weight is 457 g/mol. The van der Waals surface area contributed by atoms with Crippen molar-refractivity contribution in [1.82, 2.24) is 4.90 Å². The van der Waals surface area contributed by atoms with Crippen molar-refractivity contribution in [2.75, 3.05) is 24.2 Å². The van der Waals surface area contributed by atoms with Gasteiger partial charge in [-0.25, -0.2) is 8.42 Å². The van der Waals surface area contributed by atoms with Gasteiger partial charge in [0.1, 0.15) is 0 Å². The lowest BCUT2D eigenvalue weighted by Crippen LogP contribution is -2.29. The third-order valence-corrected chi connectivity index (χ3v) is 7.95. The van der Waals surface area contributed by atoms with E-state index in [1.165, 1.54) is 37.8 Å². The van der Waals surface area contributed by atoms with Gasteiger partial charge in [-0.15, -0.1) is 0 Å². The second-order valence-electron chi connectivity index (χ2n) is 8.85. The fourth-order valence-corrected chi connectivity index (χ4v) is 5.32. The Morgan fingerprint density at radius 3 is 2.19 bits per heavy atom. The molecule has 5 nitrogen and oxygen atoms in total. The minimum absolute atomic E-state index is 0.0691. The maximum atomic E-state index is 12.4. The maximum absolute atomic E-state index is 12.4. The van der Waals surface area contributed by atoms with Crippen LogP contribution in [-0.2, 0) is 27.6 Å². The number of nitrogens with zero attached hydrogens (tertiary/aromatic N) is 1. The first-order valence-electron chi connectivity index (χ1n) is 11.8. The number of amides is 1. The lowest BCUT2D eigenvalue weighted by Gasteiger charge is -2.25. The topological polar surface area (TPSA) is 66.5 Å². The van der Waals surface area contributed by atoms with Crippen molar-refractivity contribution in [3.8, 4) is 0 Å². The lowest BCUT2D eigenvalue weighted by molar-refractivity contribution is -0.115. The first-order valence-corrected chi connectivity index (χ1v) is 13.5. The molecule has 174 valence electrons. The molecule has 0 atom stereocenters. The van der Waals surface area contributed by atoms with Gasteiger partial charge in [0.15, 0.2) is 9.84 Å². The Bertz CT molecular complexity index is 963. The molecule has 0 spiro atoms. The van der Waals surface area contributed by atoms with Gasteiger partial charge in [-0.05, 0) is 67.1 Å². The molecule has 2 aromatic rings. The van der Waals surface area contributed by atoms with E-state index in [4.69, 9.17) is 0 Å². The maximum Gasteiger partial charge on any atom is 0.228 e. The van der Waals surface area contributed by atoms with E-state index < -0.39 is 9.84 Å². The number of carbonyl (C=O) groups excluding carboxylic acids is 1. The van der Waals surface area contributed by atoms with Crippen LogP contribution in [0.2, 0.25) is 0 Å². The van der Waals surface area contributed by atoms with E-state index in [-0.39, 0.29) is 18.1 Å². The van der Waals surface area contributed by atoms with Gasteiger partial charge in [-0.3, -0.25) is 9.69 Å². The lowest BCUT2D eigenvalue weighted by atomic mass is 10.1. The SMILES string of the molecule is CCCN(Cc1ccc(NC(=O)Cc2ccc(S(=O)(=O)CC)cc2)cc1)CC1CCCC1. The van der Waals surface area contributed by atoms with E-state index in [1.54, 1.807) is 31.2 Å². The molecule has 0 bridgehead atoms. The van der Waals surface area contributed by atoms with Crippen LogP contribution >= 0.6 is 0 Å². The summed E-state index contributed by atoms with van der Waals surface area (Å²) in [4.78, 5) is 15.3. The van der Waals surface area contributed by atoms with Crippen molar-refractivity contribution in [2.45, 2.75) is 63.8 Å². The van der Waals surface area contributed by atoms with Crippen LogP contribution in [0, 0.1) is 5.92 Å². The summed E-state index contributed by atoms with van der Waals surface area (Å²) in [5.41, 5.74) is 2.83. The molecule has 1 aliphatic rings. The number of nitrogens with one attached hydrogen (secondary N) is 1. The number of hydrogen-bond donors (Lipinski definition) is 1. The predicted molar refractivity (Wildman–Crippen MR) is 130 cm³/mol. The van der Waals surface area contributed by atoms with Crippen LogP contribution in [0.25, 0.3) is 0 Å². The molecule has 1 saturated carbocycles. The van der Waals surface area contributed by atoms with Crippen LogP contribution in [0.4, 0.5) is 5.69 Å². The summed E-state index contributed by atoms with van der Waals surface area (Å²) >= 11 is 0. The van der Waals surface area contributed by atoms with Gasteiger partial charge in [0.2, 0.25) is 5.91 Å². The zero-order chi connectivity index (χ0) is 23.0. The highest BCUT2D eigenvalue weighted by Gasteiger charge is 2.18. The molecule has 0 aliphatic heterocycles. The van der Waals surface area contributed by atoms with Crippen LogP contribution in [0.5, 0.6) is 0 Å². The summed E-state index contributed by atoms with van der Waals surface area (Å²) in [6.07, 6.45) is 6.85. The summed E-state index contributed by atoms with van der Waals surface area (Å²) in [6.45, 7) is 7.11. The molecule has 0 saturated heterocycles. The zero-order valence-electron chi connectivity index (χ0n) is 19.3. The third kappa shape index (κ3) is 7.17. The Labute approximate surface area is 193 Å². The third-order valence-electron chi connectivity index (χ3n) is 6.20. The van der Waals surface area contributed by atoms with Gasteiger partial charge in [-0.1, -0.05) is 51.0 Å². The van der Waals surface area contributed by atoms with Crippen molar-refractivity contribution >= 4 is 21.4 Å². The van der Waals surface area contributed by atoms with Crippen molar-refractivity contribution in [3.05, 3.63) is 59.7 Å². The van der Waals surface area contributed by atoms with Gasteiger partial charge in [0.25, 0.3) is 0 Å². The summed E-state index contributed by atoms with van der Waals surface area (Å²) in [5.74, 6) is 0.800. The van der Waals surface area contributed by atoms with E-state index in [2.05, 4.69) is 29.3 Å². The number of anilines is 1. The fourth-order valence-electron chi connectivity index (χ4n) is 4.43. The molecule has 6 heteroatoms. The largest absolute Gasteiger partial charge is 0.326 e. The van der Waals surface area contributed by atoms with E-state index >= 15 is 0 Å². The van der Waals surface area contributed by atoms with Gasteiger partial charge in [0.05, 0.1) is 17.1 Å². The minimum atomic E-state index is -3.22. The van der Waals surface area contributed by atoms with E-state index in [9.17, 15) is 13.2 Å². The fraction of sp³-hybridized carbons (Fsp3) is 0.500. The molecular formula is C26H36N2O3S. The Morgan fingerprint density at radius 2 is 1.59 bits per heavy atom. The molecular weight excluding hydrogens is 420 g/mol. The number of hydrogen-bond acceptors (Lipinski definition) is 4. The van der Waals surface area contributed by atoms with Crippen LogP contribution in [0.3, 0.4) is 0 Å².